The van der Waals surface area contributed by atoms with Crippen molar-refractivity contribution >= 4 is 15.7 Å². The highest BCUT2D eigenvalue weighted by Crippen LogP contribution is 2.10. The fourth-order valence-electron chi connectivity index (χ4n) is 1.92. The number of rotatable bonds is 6. The summed E-state index contributed by atoms with van der Waals surface area (Å²) in [6.07, 6.45) is 0.552. The van der Waals surface area contributed by atoms with E-state index in [1.54, 1.807) is 0 Å². The van der Waals surface area contributed by atoms with Crippen molar-refractivity contribution in [1.82, 2.24) is 4.83 Å². The zero-order chi connectivity index (χ0) is 15.1. The van der Waals surface area contributed by atoms with Gasteiger partial charge in [-0.15, -0.1) is 0 Å². The van der Waals surface area contributed by atoms with Crippen molar-refractivity contribution in [1.29, 1.82) is 0 Å². The van der Waals surface area contributed by atoms with Crippen LogP contribution in [-0.2, 0) is 10.0 Å². The van der Waals surface area contributed by atoms with Gasteiger partial charge in [0, 0.05) is 11.1 Å². The van der Waals surface area contributed by atoms with Gasteiger partial charge in [0.25, 0.3) is 0 Å². The second-order valence-electron chi connectivity index (χ2n) is 4.60. The number of benzene rings is 2. The number of hydrogen-bond donors (Lipinski definition) is 1. The summed E-state index contributed by atoms with van der Waals surface area (Å²) in [6, 6.07) is 19.0. The van der Waals surface area contributed by atoms with E-state index in [0.717, 1.165) is 11.1 Å². The van der Waals surface area contributed by atoms with E-state index in [9.17, 15) is 8.42 Å². The summed E-state index contributed by atoms with van der Waals surface area (Å²) < 4.78 is 23.6. The second-order valence-corrected chi connectivity index (χ2v) is 6.42. The van der Waals surface area contributed by atoms with Crippen LogP contribution in [0.5, 0.6) is 0 Å². The highest BCUT2D eigenvalue weighted by molar-refractivity contribution is 7.89. The lowest BCUT2D eigenvalue weighted by molar-refractivity contribution is 0.583. The molecular weight excluding hydrogens is 284 g/mol. The normalized spacial score (nSPS) is 10.9. The van der Waals surface area contributed by atoms with Gasteiger partial charge in [0.2, 0.25) is 10.0 Å². The van der Waals surface area contributed by atoms with Crippen LogP contribution in [0.4, 0.5) is 0 Å². The maximum Gasteiger partial charge on any atom is 0.247 e. The molecule has 0 saturated heterocycles. The molecule has 0 bridgehead atoms. The highest BCUT2D eigenvalue weighted by atomic mass is 32.2. The Morgan fingerprint density at radius 1 is 0.952 bits per heavy atom. The summed E-state index contributed by atoms with van der Waals surface area (Å²) in [6.45, 7) is 1.82. The maximum absolute atomic E-state index is 11.8. The summed E-state index contributed by atoms with van der Waals surface area (Å²) in [5.74, 6) is 0.0629. The first-order chi connectivity index (χ1) is 10.1. The summed E-state index contributed by atoms with van der Waals surface area (Å²) in [4.78, 5) is 2.32. The smallest absolute Gasteiger partial charge is 0.205 e. The molecule has 0 spiro atoms. The van der Waals surface area contributed by atoms with E-state index in [1.807, 2.05) is 67.6 Å². The standard InChI is InChI=1S/C16H18N2O2S/c1-2-13-21(19,20)18-17-16(14-9-5-3-6-10-14)15-11-7-4-8-12-15/h3-12,18H,2,13H2,1H3. The van der Waals surface area contributed by atoms with Crippen LogP contribution in [-0.4, -0.2) is 19.9 Å². The molecule has 0 aliphatic carbocycles. The Labute approximate surface area is 125 Å². The van der Waals surface area contributed by atoms with Crippen LogP contribution in [0.15, 0.2) is 65.8 Å². The molecule has 5 heteroatoms. The lowest BCUT2D eigenvalue weighted by Gasteiger charge is -2.08. The number of hydrazone groups is 1. The van der Waals surface area contributed by atoms with E-state index in [0.29, 0.717) is 12.1 Å². The molecule has 0 fully saturated rings. The molecule has 0 aromatic heterocycles. The average Bonchev–Trinajstić information content (AvgIpc) is 2.49. The van der Waals surface area contributed by atoms with Crippen LogP contribution in [0.3, 0.4) is 0 Å². The van der Waals surface area contributed by atoms with Crippen molar-refractivity contribution < 1.29 is 8.42 Å². The van der Waals surface area contributed by atoms with Crippen LogP contribution >= 0.6 is 0 Å². The maximum atomic E-state index is 11.8. The number of hydrogen-bond acceptors (Lipinski definition) is 3. The predicted octanol–water partition coefficient (Wildman–Crippen LogP) is 2.77. The van der Waals surface area contributed by atoms with Crippen LogP contribution in [0, 0.1) is 0 Å². The molecule has 0 unspecified atom stereocenters. The Balaban J connectivity index is 2.38. The van der Waals surface area contributed by atoms with Gasteiger partial charge in [-0.1, -0.05) is 67.6 Å². The van der Waals surface area contributed by atoms with E-state index >= 15 is 0 Å². The minimum absolute atomic E-state index is 0.0629. The lowest BCUT2D eigenvalue weighted by atomic mass is 10.0. The molecule has 0 atom stereocenters. The Hall–Kier alpha value is -2.14. The fraction of sp³-hybridized carbons (Fsp3) is 0.188. The van der Waals surface area contributed by atoms with Gasteiger partial charge in [-0.25, -0.2) is 13.2 Å². The fourth-order valence-corrected chi connectivity index (χ4v) is 2.78. The molecule has 0 aliphatic rings. The summed E-state index contributed by atoms with van der Waals surface area (Å²) in [5, 5.41) is 4.13. The third kappa shape index (κ3) is 4.43. The first kappa shape index (κ1) is 15.3. The lowest BCUT2D eigenvalue weighted by Crippen LogP contribution is -2.23. The van der Waals surface area contributed by atoms with E-state index in [2.05, 4.69) is 9.93 Å². The summed E-state index contributed by atoms with van der Waals surface area (Å²) in [5.41, 5.74) is 2.33. The molecule has 0 aliphatic heterocycles. The quantitative estimate of drug-likeness (QED) is 0.659. The monoisotopic (exact) mass is 302 g/mol. The molecule has 0 saturated carbocycles. The third-order valence-electron chi connectivity index (χ3n) is 2.86. The molecule has 0 heterocycles. The highest BCUT2D eigenvalue weighted by Gasteiger charge is 2.10. The van der Waals surface area contributed by atoms with Crippen LogP contribution in [0.1, 0.15) is 24.5 Å². The van der Waals surface area contributed by atoms with Gasteiger partial charge in [0.1, 0.15) is 0 Å². The Morgan fingerprint density at radius 3 is 1.86 bits per heavy atom. The van der Waals surface area contributed by atoms with Gasteiger partial charge in [0.05, 0.1) is 11.5 Å². The van der Waals surface area contributed by atoms with Crippen LogP contribution in [0.25, 0.3) is 0 Å². The molecule has 0 radical (unpaired) electrons. The van der Waals surface area contributed by atoms with Gasteiger partial charge < -0.3 is 0 Å². The Kier molecular flexibility index (Phi) is 5.11. The van der Waals surface area contributed by atoms with Gasteiger partial charge in [-0.2, -0.15) is 5.10 Å². The molecule has 21 heavy (non-hydrogen) atoms. The second kappa shape index (κ2) is 7.04. The number of nitrogens with zero attached hydrogens (tertiary/aromatic N) is 1. The van der Waals surface area contributed by atoms with Crippen molar-refractivity contribution in [2.45, 2.75) is 13.3 Å². The topological polar surface area (TPSA) is 58.5 Å². The van der Waals surface area contributed by atoms with Crippen molar-refractivity contribution in [3.63, 3.8) is 0 Å². The zero-order valence-electron chi connectivity index (χ0n) is 11.9. The van der Waals surface area contributed by atoms with Crippen LogP contribution < -0.4 is 4.83 Å². The van der Waals surface area contributed by atoms with Gasteiger partial charge in [-0.3, -0.25) is 0 Å². The molecular formula is C16H18N2O2S. The van der Waals surface area contributed by atoms with Crippen molar-refractivity contribution in [3.8, 4) is 0 Å². The SMILES string of the molecule is CCCS(=O)(=O)NN=C(c1ccccc1)c1ccccc1. The molecule has 2 rings (SSSR count). The summed E-state index contributed by atoms with van der Waals surface area (Å²) >= 11 is 0. The number of sulfonamides is 1. The van der Waals surface area contributed by atoms with Gasteiger partial charge in [0.15, 0.2) is 0 Å². The van der Waals surface area contributed by atoms with E-state index in [1.165, 1.54) is 0 Å². The summed E-state index contributed by atoms with van der Waals surface area (Å²) in [7, 11) is -3.38. The van der Waals surface area contributed by atoms with Crippen molar-refractivity contribution in [3.05, 3.63) is 71.8 Å². The molecule has 110 valence electrons. The van der Waals surface area contributed by atoms with Crippen LogP contribution in [0.2, 0.25) is 0 Å². The first-order valence-electron chi connectivity index (χ1n) is 6.80. The first-order valence-corrected chi connectivity index (χ1v) is 8.45. The van der Waals surface area contributed by atoms with Crippen molar-refractivity contribution in [2.24, 2.45) is 5.10 Å². The molecule has 0 amide bonds. The number of nitrogens with one attached hydrogen (secondary N) is 1. The Morgan fingerprint density at radius 2 is 1.43 bits per heavy atom. The molecule has 2 aromatic carbocycles. The minimum Gasteiger partial charge on any atom is -0.205 e. The minimum atomic E-state index is -3.38. The molecule has 2 aromatic rings. The predicted molar refractivity (Wildman–Crippen MR) is 85.7 cm³/mol. The molecule has 4 nitrogen and oxygen atoms in total. The third-order valence-corrected chi connectivity index (χ3v) is 4.18. The van der Waals surface area contributed by atoms with Gasteiger partial charge in [-0.05, 0) is 6.42 Å². The van der Waals surface area contributed by atoms with E-state index in [-0.39, 0.29) is 5.75 Å². The molecule has 1 N–H and O–H groups in total. The van der Waals surface area contributed by atoms with E-state index in [4.69, 9.17) is 0 Å². The van der Waals surface area contributed by atoms with Crippen molar-refractivity contribution in [2.75, 3.05) is 5.75 Å². The average molecular weight is 302 g/mol. The largest absolute Gasteiger partial charge is 0.247 e. The van der Waals surface area contributed by atoms with Gasteiger partial charge >= 0.3 is 0 Å². The Bertz CT molecular complexity index is 654. The zero-order valence-corrected chi connectivity index (χ0v) is 12.7. The van der Waals surface area contributed by atoms with E-state index < -0.39 is 10.0 Å².